The molecule has 8 heteroatoms. The molecule has 0 saturated heterocycles. The number of rotatable bonds is 4. The molecular formula is C11H13BrN4O2S. The molecular weight excluding hydrogens is 332 g/mol. The van der Waals surface area contributed by atoms with Crippen LogP contribution in [0, 0.1) is 0 Å². The molecule has 6 nitrogen and oxygen atoms in total. The fourth-order valence-corrected chi connectivity index (χ4v) is 2.94. The zero-order chi connectivity index (χ0) is 14.0. The largest absolute Gasteiger partial charge is 0.397 e. The summed E-state index contributed by atoms with van der Waals surface area (Å²) in [5, 5.41) is 4.09. The van der Waals surface area contributed by atoms with E-state index in [-0.39, 0.29) is 4.90 Å². The second-order valence-electron chi connectivity index (χ2n) is 3.83. The zero-order valence-electron chi connectivity index (χ0n) is 10.2. The third-order valence-electron chi connectivity index (χ3n) is 2.44. The van der Waals surface area contributed by atoms with Gasteiger partial charge in [0.2, 0.25) is 10.0 Å². The smallest absolute Gasteiger partial charge is 0.240 e. The molecule has 1 heterocycles. The van der Waals surface area contributed by atoms with E-state index < -0.39 is 10.0 Å². The number of nitrogens with two attached hydrogens (primary N) is 1. The molecule has 102 valence electrons. The lowest BCUT2D eigenvalue weighted by Gasteiger charge is -2.09. The molecule has 0 saturated carbocycles. The van der Waals surface area contributed by atoms with Crippen molar-refractivity contribution < 1.29 is 8.42 Å². The SMILES string of the molecule is CCNS(=O)(=O)c1ccc(N)c(-n2cc(Br)cn2)c1. The van der Waals surface area contributed by atoms with E-state index in [1.807, 2.05) is 0 Å². The molecule has 1 aromatic heterocycles. The van der Waals surface area contributed by atoms with Crippen LogP contribution in [0.3, 0.4) is 0 Å². The summed E-state index contributed by atoms with van der Waals surface area (Å²) in [7, 11) is -3.51. The van der Waals surface area contributed by atoms with Gasteiger partial charge >= 0.3 is 0 Å². The second kappa shape index (κ2) is 5.32. The molecule has 0 spiro atoms. The number of nitrogen functional groups attached to an aromatic ring is 1. The third kappa shape index (κ3) is 2.96. The maximum atomic E-state index is 11.9. The number of nitrogens with zero attached hydrogens (tertiary/aromatic N) is 2. The second-order valence-corrected chi connectivity index (χ2v) is 6.51. The van der Waals surface area contributed by atoms with Gasteiger partial charge in [-0.2, -0.15) is 5.10 Å². The van der Waals surface area contributed by atoms with Crippen LogP contribution in [0.4, 0.5) is 5.69 Å². The fraction of sp³-hybridized carbons (Fsp3) is 0.182. The Kier molecular flexibility index (Phi) is 3.93. The predicted molar refractivity (Wildman–Crippen MR) is 76.5 cm³/mol. The maximum Gasteiger partial charge on any atom is 0.240 e. The van der Waals surface area contributed by atoms with Crippen molar-refractivity contribution in [3.05, 3.63) is 35.1 Å². The Bertz CT molecular complexity index is 696. The van der Waals surface area contributed by atoms with Crippen LogP contribution in [-0.2, 0) is 10.0 Å². The van der Waals surface area contributed by atoms with Gasteiger partial charge in [0.25, 0.3) is 0 Å². The van der Waals surface area contributed by atoms with E-state index in [1.54, 1.807) is 25.4 Å². The van der Waals surface area contributed by atoms with Gasteiger partial charge in [-0.05, 0) is 34.1 Å². The van der Waals surface area contributed by atoms with E-state index in [9.17, 15) is 8.42 Å². The van der Waals surface area contributed by atoms with Crippen LogP contribution in [0.2, 0.25) is 0 Å². The first-order valence-electron chi connectivity index (χ1n) is 5.54. The van der Waals surface area contributed by atoms with E-state index in [0.717, 1.165) is 4.47 Å². The zero-order valence-corrected chi connectivity index (χ0v) is 12.6. The van der Waals surface area contributed by atoms with Crippen molar-refractivity contribution in [3.8, 4) is 5.69 Å². The molecule has 0 aliphatic carbocycles. The molecule has 0 atom stereocenters. The molecule has 0 radical (unpaired) electrons. The van der Waals surface area contributed by atoms with E-state index in [1.165, 1.54) is 16.8 Å². The van der Waals surface area contributed by atoms with Crippen LogP contribution in [0.15, 0.2) is 40.0 Å². The van der Waals surface area contributed by atoms with Crippen molar-refractivity contribution >= 4 is 31.6 Å². The molecule has 0 unspecified atom stereocenters. The maximum absolute atomic E-state index is 11.9. The van der Waals surface area contributed by atoms with E-state index in [0.29, 0.717) is 17.9 Å². The van der Waals surface area contributed by atoms with Crippen LogP contribution >= 0.6 is 15.9 Å². The van der Waals surface area contributed by atoms with Gasteiger partial charge in [-0.15, -0.1) is 0 Å². The van der Waals surface area contributed by atoms with E-state index in [2.05, 4.69) is 25.8 Å². The Balaban J connectivity index is 2.52. The first kappa shape index (κ1) is 14.0. The van der Waals surface area contributed by atoms with Gasteiger partial charge in [0.05, 0.1) is 26.9 Å². The highest BCUT2D eigenvalue weighted by atomic mass is 79.9. The van der Waals surface area contributed by atoms with Crippen molar-refractivity contribution in [3.63, 3.8) is 0 Å². The van der Waals surface area contributed by atoms with Crippen molar-refractivity contribution in [1.29, 1.82) is 0 Å². The van der Waals surface area contributed by atoms with Crippen LogP contribution in [0.1, 0.15) is 6.92 Å². The van der Waals surface area contributed by atoms with Crippen LogP contribution in [-0.4, -0.2) is 24.7 Å². The minimum atomic E-state index is -3.51. The van der Waals surface area contributed by atoms with E-state index in [4.69, 9.17) is 5.73 Å². The fourth-order valence-electron chi connectivity index (χ4n) is 1.59. The highest BCUT2D eigenvalue weighted by molar-refractivity contribution is 9.10. The number of anilines is 1. The van der Waals surface area contributed by atoms with Gasteiger partial charge in [0.15, 0.2) is 0 Å². The lowest BCUT2D eigenvalue weighted by Crippen LogP contribution is -2.23. The quantitative estimate of drug-likeness (QED) is 0.822. The van der Waals surface area contributed by atoms with Crippen LogP contribution < -0.4 is 10.5 Å². The Labute approximate surface area is 119 Å². The molecule has 19 heavy (non-hydrogen) atoms. The van der Waals surface area contributed by atoms with Gasteiger partial charge in [0, 0.05) is 12.7 Å². The van der Waals surface area contributed by atoms with Crippen molar-refractivity contribution in [2.75, 3.05) is 12.3 Å². The normalized spacial score (nSPS) is 11.7. The highest BCUT2D eigenvalue weighted by Gasteiger charge is 2.15. The summed E-state index contributed by atoms with van der Waals surface area (Å²) < 4.78 is 28.6. The lowest BCUT2D eigenvalue weighted by atomic mass is 10.3. The summed E-state index contributed by atoms with van der Waals surface area (Å²) in [5.74, 6) is 0. The Morgan fingerprint density at radius 2 is 2.21 bits per heavy atom. The average molecular weight is 345 g/mol. The minimum Gasteiger partial charge on any atom is -0.397 e. The molecule has 0 bridgehead atoms. The van der Waals surface area contributed by atoms with Gasteiger partial charge in [-0.1, -0.05) is 6.92 Å². The Morgan fingerprint density at radius 1 is 1.47 bits per heavy atom. The number of hydrogen-bond acceptors (Lipinski definition) is 4. The van der Waals surface area contributed by atoms with Gasteiger partial charge in [0.1, 0.15) is 0 Å². The number of aromatic nitrogens is 2. The molecule has 3 N–H and O–H groups in total. The molecule has 0 aliphatic heterocycles. The number of halogens is 1. The van der Waals surface area contributed by atoms with Crippen molar-refractivity contribution in [2.45, 2.75) is 11.8 Å². The molecule has 1 aromatic carbocycles. The van der Waals surface area contributed by atoms with Crippen molar-refractivity contribution in [2.24, 2.45) is 0 Å². The third-order valence-corrected chi connectivity index (χ3v) is 4.40. The predicted octanol–water partition coefficient (Wildman–Crippen LogP) is 1.52. The topological polar surface area (TPSA) is 90.0 Å². The van der Waals surface area contributed by atoms with Crippen molar-refractivity contribution in [1.82, 2.24) is 14.5 Å². The number of sulfonamides is 1. The first-order valence-corrected chi connectivity index (χ1v) is 7.81. The van der Waals surface area contributed by atoms with Gasteiger partial charge in [-0.3, -0.25) is 0 Å². The number of benzene rings is 1. The van der Waals surface area contributed by atoms with Gasteiger partial charge < -0.3 is 5.73 Å². The number of nitrogens with one attached hydrogen (secondary N) is 1. The summed E-state index contributed by atoms with van der Waals surface area (Å²) in [6, 6.07) is 4.51. The molecule has 2 aromatic rings. The summed E-state index contributed by atoms with van der Waals surface area (Å²) >= 11 is 3.28. The first-order chi connectivity index (χ1) is 8.94. The summed E-state index contributed by atoms with van der Waals surface area (Å²) in [6.45, 7) is 2.05. The lowest BCUT2D eigenvalue weighted by molar-refractivity contribution is 0.584. The summed E-state index contributed by atoms with van der Waals surface area (Å²) in [6.07, 6.45) is 3.31. The van der Waals surface area contributed by atoms with Crippen LogP contribution in [0.25, 0.3) is 5.69 Å². The highest BCUT2D eigenvalue weighted by Crippen LogP contribution is 2.22. The number of hydrogen-bond donors (Lipinski definition) is 2. The molecule has 0 aliphatic rings. The van der Waals surface area contributed by atoms with E-state index >= 15 is 0 Å². The molecule has 0 fully saturated rings. The standard InChI is InChI=1S/C11H13BrN4O2S/c1-2-15-19(17,18)9-3-4-10(13)11(5-9)16-7-8(12)6-14-16/h3-7,15H,2,13H2,1H3. The Hall–Kier alpha value is -1.38. The van der Waals surface area contributed by atoms with Gasteiger partial charge in [-0.25, -0.2) is 17.8 Å². The average Bonchev–Trinajstić information content (AvgIpc) is 2.76. The molecule has 0 amide bonds. The Morgan fingerprint density at radius 3 is 2.79 bits per heavy atom. The van der Waals surface area contributed by atoms with Crippen LogP contribution in [0.5, 0.6) is 0 Å². The summed E-state index contributed by atoms with van der Waals surface area (Å²) in [4.78, 5) is 0.158. The molecule has 2 rings (SSSR count). The monoisotopic (exact) mass is 344 g/mol. The summed E-state index contributed by atoms with van der Waals surface area (Å²) in [5.41, 5.74) is 6.82. The minimum absolute atomic E-state index is 0.158.